The van der Waals surface area contributed by atoms with E-state index in [1.165, 1.54) is 12.8 Å². The molecule has 1 heterocycles. The highest BCUT2D eigenvalue weighted by molar-refractivity contribution is 5.79. The van der Waals surface area contributed by atoms with Crippen LogP contribution in [0.25, 0.3) is 0 Å². The van der Waals surface area contributed by atoms with Crippen LogP contribution in [0.15, 0.2) is 0 Å². The van der Waals surface area contributed by atoms with E-state index < -0.39 is 0 Å². The summed E-state index contributed by atoms with van der Waals surface area (Å²) < 4.78 is 0. The van der Waals surface area contributed by atoms with E-state index in [1.807, 2.05) is 0 Å². The average Bonchev–Trinajstić information content (AvgIpc) is 2.41. The molecule has 3 nitrogen and oxygen atoms in total. The maximum atomic E-state index is 11.1. The van der Waals surface area contributed by atoms with Gasteiger partial charge in [-0.25, -0.2) is 0 Å². The first-order chi connectivity index (χ1) is 5.73. The number of hydrogen-bond acceptors (Lipinski definition) is 2. The quantitative estimate of drug-likeness (QED) is 0.550. The predicted molar refractivity (Wildman–Crippen MR) is 46.5 cm³/mol. The molecular weight excluding hydrogens is 152 g/mol. The van der Waals surface area contributed by atoms with Gasteiger partial charge in [-0.05, 0) is 12.8 Å². The molecule has 2 fully saturated rings. The molecular formula is C9H16N2O. The Morgan fingerprint density at radius 1 is 1.50 bits per heavy atom. The zero-order chi connectivity index (χ0) is 8.60. The molecule has 2 rings (SSSR count). The van der Waals surface area contributed by atoms with Crippen molar-refractivity contribution in [2.45, 2.75) is 38.1 Å². The minimum Gasteiger partial charge on any atom is -0.355 e. The summed E-state index contributed by atoms with van der Waals surface area (Å²) in [6, 6.07) is 0.241. The lowest BCUT2D eigenvalue weighted by Gasteiger charge is -2.37. The fourth-order valence-corrected chi connectivity index (χ4v) is 2.49. The van der Waals surface area contributed by atoms with Crippen LogP contribution in [-0.4, -0.2) is 18.5 Å². The molecule has 1 unspecified atom stereocenters. The lowest BCUT2D eigenvalue weighted by molar-refractivity contribution is -0.119. The Hall–Kier alpha value is -0.570. The molecule has 1 aliphatic carbocycles. The molecule has 0 radical (unpaired) electrons. The molecule has 1 saturated heterocycles. The highest BCUT2D eigenvalue weighted by Crippen LogP contribution is 2.40. The first kappa shape index (κ1) is 8.05. The second-order valence-corrected chi connectivity index (χ2v) is 4.17. The first-order valence-corrected chi connectivity index (χ1v) is 4.75. The molecule has 1 spiro atoms. The Kier molecular flexibility index (Phi) is 1.83. The van der Waals surface area contributed by atoms with Crippen molar-refractivity contribution >= 4 is 5.91 Å². The summed E-state index contributed by atoms with van der Waals surface area (Å²) in [6.45, 7) is 0.812. The van der Waals surface area contributed by atoms with Gasteiger partial charge in [0.15, 0.2) is 0 Å². The third kappa shape index (κ3) is 1.12. The van der Waals surface area contributed by atoms with Crippen LogP contribution < -0.4 is 11.1 Å². The van der Waals surface area contributed by atoms with Gasteiger partial charge in [-0.2, -0.15) is 0 Å². The van der Waals surface area contributed by atoms with E-state index in [0.717, 1.165) is 19.4 Å². The Balaban J connectivity index is 2.12. The van der Waals surface area contributed by atoms with Crippen LogP contribution in [0.3, 0.4) is 0 Å². The molecule has 0 aromatic rings. The largest absolute Gasteiger partial charge is 0.355 e. The normalized spacial score (nSPS) is 41.8. The highest BCUT2D eigenvalue weighted by Gasteiger charge is 2.44. The van der Waals surface area contributed by atoms with Gasteiger partial charge in [-0.3, -0.25) is 4.79 Å². The van der Waals surface area contributed by atoms with E-state index in [1.54, 1.807) is 0 Å². The summed E-state index contributed by atoms with van der Waals surface area (Å²) >= 11 is 0. The Bertz CT molecular complexity index is 205. The van der Waals surface area contributed by atoms with Crippen LogP contribution in [0.2, 0.25) is 0 Å². The van der Waals surface area contributed by atoms with Crippen molar-refractivity contribution in [1.29, 1.82) is 0 Å². The number of carbonyl (C=O) groups is 1. The zero-order valence-corrected chi connectivity index (χ0v) is 7.31. The molecule has 3 heteroatoms. The SMILES string of the molecule is N[C@H]1CCCCC12CNC(=O)C2. The Labute approximate surface area is 72.7 Å². The van der Waals surface area contributed by atoms with Crippen molar-refractivity contribution in [1.82, 2.24) is 5.32 Å². The average molecular weight is 168 g/mol. The fourth-order valence-electron chi connectivity index (χ4n) is 2.49. The number of rotatable bonds is 0. The summed E-state index contributed by atoms with van der Waals surface area (Å²) in [4.78, 5) is 11.1. The minimum absolute atomic E-state index is 0.120. The maximum absolute atomic E-state index is 11.1. The third-order valence-electron chi connectivity index (χ3n) is 3.38. The monoisotopic (exact) mass is 168 g/mol. The van der Waals surface area contributed by atoms with Gasteiger partial charge in [-0.1, -0.05) is 12.8 Å². The second kappa shape index (κ2) is 2.73. The lowest BCUT2D eigenvalue weighted by Crippen LogP contribution is -2.45. The number of hydrogen-bond donors (Lipinski definition) is 2. The first-order valence-electron chi connectivity index (χ1n) is 4.75. The molecule has 68 valence electrons. The zero-order valence-electron chi connectivity index (χ0n) is 7.31. The lowest BCUT2D eigenvalue weighted by atomic mass is 9.70. The molecule has 1 aliphatic heterocycles. The number of nitrogens with two attached hydrogens (primary N) is 1. The van der Waals surface area contributed by atoms with Crippen molar-refractivity contribution in [2.75, 3.05) is 6.54 Å². The number of carbonyl (C=O) groups excluding carboxylic acids is 1. The van der Waals surface area contributed by atoms with E-state index in [2.05, 4.69) is 5.32 Å². The van der Waals surface area contributed by atoms with E-state index in [0.29, 0.717) is 6.42 Å². The van der Waals surface area contributed by atoms with Gasteiger partial charge in [0.2, 0.25) is 5.91 Å². The second-order valence-electron chi connectivity index (χ2n) is 4.17. The van der Waals surface area contributed by atoms with Crippen molar-refractivity contribution in [2.24, 2.45) is 11.1 Å². The maximum Gasteiger partial charge on any atom is 0.220 e. The van der Waals surface area contributed by atoms with Crippen LogP contribution >= 0.6 is 0 Å². The van der Waals surface area contributed by atoms with Crippen LogP contribution in [0.5, 0.6) is 0 Å². The molecule has 2 aliphatic rings. The van der Waals surface area contributed by atoms with E-state index in [-0.39, 0.29) is 17.4 Å². The molecule has 0 aromatic heterocycles. The van der Waals surface area contributed by atoms with E-state index in [9.17, 15) is 4.79 Å². The van der Waals surface area contributed by atoms with Gasteiger partial charge in [0.05, 0.1) is 0 Å². The van der Waals surface area contributed by atoms with Gasteiger partial charge in [0.1, 0.15) is 0 Å². The molecule has 3 N–H and O–H groups in total. The molecule has 1 saturated carbocycles. The molecule has 0 bridgehead atoms. The van der Waals surface area contributed by atoms with Crippen LogP contribution in [0, 0.1) is 5.41 Å². The van der Waals surface area contributed by atoms with E-state index >= 15 is 0 Å². The van der Waals surface area contributed by atoms with Crippen LogP contribution in [0.1, 0.15) is 32.1 Å². The molecule has 2 atom stereocenters. The molecule has 12 heavy (non-hydrogen) atoms. The predicted octanol–water partition coefficient (Wildman–Crippen LogP) is 0.394. The van der Waals surface area contributed by atoms with Gasteiger partial charge in [0, 0.05) is 24.4 Å². The smallest absolute Gasteiger partial charge is 0.220 e. The summed E-state index contributed by atoms with van der Waals surface area (Å²) in [6.07, 6.45) is 5.36. The topological polar surface area (TPSA) is 55.1 Å². The number of amides is 1. The Morgan fingerprint density at radius 2 is 2.33 bits per heavy atom. The summed E-state index contributed by atoms with van der Waals surface area (Å²) in [5.74, 6) is 0.187. The van der Waals surface area contributed by atoms with Crippen molar-refractivity contribution in [3.8, 4) is 0 Å². The van der Waals surface area contributed by atoms with Gasteiger partial charge < -0.3 is 11.1 Å². The van der Waals surface area contributed by atoms with Crippen LogP contribution in [-0.2, 0) is 4.79 Å². The van der Waals surface area contributed by atoms with Crippen molar-refractivity contribution in [3.05, 3.63) is 0 Å². The summed E-state index contributed by atoms with van der Waals surface area (Å²) in [5.41, 5.74) is 6.17. The standard InChI is InChI=1S/C9H16N2O/c10-7-3-1-2-4-9(7)5-8(12)11-6-9/h7H,1-6,10H2,(H,11,12)/t7-,9?/m0/s1. The Morgan fingerprint density at radius 3 is 2.92 bits per heavy atom. The van der Waals surface area contributed by atoms with Crippen molar-refractivity contribution < 1.29 is 4.79 Å². The summed E-state index contributed by atoms with van der Waals surface area (Å²) in [5, 5.41) is 2.89. The fraction of sp³-hybridized carbons (Fsp3) is 0.889. The third-order valence-corrected chi connectivity index (χ3v) is 3.38. The molecule has 1 amide bonds. The van der Waals surface area contributed by atoms with Gasteiger partial charge >= 0.3 is 0 Å². The van der Waals surface area contributed by atoms with Gasteiger partial charge in [0.25, 0.3) is 0 Å². The van der Waals surface area contributed by atoms with E-state index in [4.69, 9.17) is 5.73 Å². The van der Waals surface area contributed by atoms with Gasteiger partial charge in [-0.15, -0.1) is 0 Å². The van der Waals surface area contributed by atoms with Crippen molar-refractivity contribution in [3.63, 3.8) is 0 Å². The number of nitrogens with one attached hydrogen (secondary N) is 1. The van der Waals surface area contributed by atoms with Crippen LogP contribution in [0.4, 0.5) is 0 Å². The summed E-state index contributed by atoms with van der Waals surface area (Å²) in [7, 11) is 0. The highest BCUT2D eigenvalue weighted by atomic mass is 16.1. The molecule has 0 aromatic carbocycles. The minimum atomic E-state index is 0.120.